The molecular weight excluding hydrogens is 434 g/mol. The molecule has 5 rings (SSSR count). The van der Waals surface area contributed by atoms with Crippen LogP contribution in [0.5, 0.6) is 0 Å². The number of aromatic nitrogens is 3. The van der Waals surface area contributed by atoms with E-state index < -0.39 is 10.0 Å². The summed E-state index contributed by atoms with van der Waals surface area (Å²) in [6.07, 6.45) is 4.83. The lowest BCUT2D eigenvalue weighted by Crippen LogP contribution is -2.32. The first kappa shape index (κ1) is 21.4. The van der Waals surface area contributed by atoms with Crippen molar-refractivity contribution in [3.05, 3.63) is 97.1 Å². The summed E-state index contributed by atoms with van der Waals surface area (Å²) in [5.74, 6) is 0.00296. The molecule has 1 aliphatic heterocycles. The third kappa shape index (κ3) is 4.40. The highest BCUT2D eigenvalue weighted by Gasteiger charge is 2.41. The molecule has 0 bridgehead atoms. The molecule has 0 aliphatic carbocycles. The van der Waals surface area contributed by atoms with Crippen LogP contribution in [0.3, 0.4) is 0 Å². The van der Waals surface area contributed by atoms with Gasteiger partial charge in [-0.3, -0.25) is 4.98 Å². The van der Waals surface area contributed by atoms with Crippen molar-refractivity contribution >= 4 is 15.7 Å². The first-order valence-corrected chi connectivity index (χ1v) is 12.3. The van der Waals surface area contributed by atoms with Crippen LogP contribution in [0, 0.1) is 0 Å². The summed E-state index contributed by atoms with van der Waals surface area (Å²) < 4.78 is 29.7. The highest BCUT2D eigenvalue weighted by molar-refractivity contribution is 7.89. The van der Waals surface area contributed by atoms with E-state index >= 15 is 0 Å². The van der Waals surface area contributed by atoms with Crippen molar-refractivity contribution in [3.8, 4) is 11.3 Å². The molecule has 0 saturated carbocycles. The molecule has 1 fully saturated rings. The molecule has 0 spiro atoms. The molecule has 2 atom stereocenters. The van der Waals surface area contributed by atoms with E-state index in [1.165, 1.54) is 10.6 Å². The molecule has 1 saturated heterocycles. The lowest BCUT2D eigenvalue weighted by atomic mass is 9.94. The summed E-state index contributed by atoms with van der Waals surface area (Å²) in [5.41, 5.74) is 3.94. The van der Waals surface area contributed by atoms with Crippen LogP contribution in [0.1, 0.15) is 11.5 Å². The smallest absolute Gasteiger partial charge is 0.262 e. The van der Waals surface area contributed by atoms with Crippen LogP contribution in [0.4, 0.5) is 5.69 Å². The first-order valence-electron chi connectivity index (χ1n) is 10.8. The van der Waals surface area contributed by atoms with Gasteiger partial charge in [-0.2, -0.15) is 4.31 Å². The van der Waals surface area contributed by atoms with Gasteiger partial charge in [0.15, 0.2) is 5.03 Å². The van der Waals surface area contributed by atoms with E-state index in [2.05, 4.69) is 33.5 Å². The number of pyridine rings is 1. The Bertz CT molecular complexity index is 1340. The number of hydrogen-bond acceptors (Lipinski definition) is 5. The van der Waals surface area contributed by atoms with Crippen molar-refractivity contribution in [2.75, 3.05) is 18.4 Å². The van der Waals surface area contributed by atoms with E-state index in [1.807, 2.05) is 54.6 Å². The van der Waals surface area contributed by atoms with E-state index in [1.54, 1.807) is 24.0 Å². The second kappa shape index (κ2) is 8.80. The van der Waals surface area contributed by atoms with Crippen LogP contribution in [0.2, 0.25) is 0 Å². The standard InChI is InChI=1S/C25H25N5O2S/c1-29-17-25(27-18-29)33(31,32)30-15-22(19-8-3-2-4-9-19)24(16-30)28-21-11-7-10-20(14-21)23-12-5-6-13-26-23/h2-14,17-18,22,24,28H,15-16H2,1H3. The normalized spacial score (nSPS) is 18.9. The minimum Gasteiger partial charge on any atom is -0.380 e. The summed E-state index contributed by atoms with van der Waals surface area (Å²) in [7, 11) is -1.92. The number of sulfonamides is 1. The Kier molecular flexibility index (Phi) is 5.70. The molecule has 2 aromatic heterocycles. The van der Waals surface area contributed by atoms with Gasteiger partial charge in [0.1, 0.15) is 0 Å². The molecule has 3 heterocycles. The van der Waals surface area contributed by atoms with Crippen molar-refractivity contribution in [2.45, 2.75) is 17.0 Å². The number of nitrogens with zero attached hydrogens (tertiary/aromatic N) is 4. The molecule has 1 aliphatic rings. The SMILES string of the molecule is Cn1cnc(S(=O)(=O)N2CC(Nc3cccc(-c4ccccn4)c3)C(c3ccccc3)C2)c1. The quantitative estimate of drug-likeness (QED) is 0.475. The summed E-state index contributed by atoms with van der Waals surface area (Å²) in [6, 6.07) is 23.9. The zero-order valence-electron chi connectivity index (χ0n) is 18.2. The average molecular weight is 460 g/mol. The summed E-state index contributed by atoms with van der Waals surface area (Å²) >= 11 is 0. The Balaban J connectivity index is 1.45. The third-order valence-electron chi connectivity index (χ3n) is 5.97. The molecule has 168 valence electrons. The van der Waals surface area contributed by atoms with E-state index in [4.69, 9.17) is 0 Å². The van der Waals surface area contributed by atoms with Crippen LogP contribution >= 0.6 is 0 Å². The van der Waals surface area contributed by atoms with Gasteiger partial charge in [0.2, 0.25) is 0 Å². The number of nitrogens with one attached hydrogen (secondary N) is 1. The fourth-order valence-electron chi connectivity index (χ4n) is 4.32. The number of benzene rings is 2. The fourth-order valence-corrected chi connectivity index (χ4v) is 5.78. The largest absolute Gasteiger partial charge is 0.380 e. The van der Waals surface area contributed by atoms with Crippen LogP contribution < -0.4 is 5.32 Å². The van der Waals surface area contributed by atoms with Gasteiger partial charge in [-0.1, -0.05) is 48.5 Å². The average Bonchev–Trinajstić information content (AvgIpc) is 3.48. The summed E-state index contributed by atoms with van der Waals surface area (Å²) in [6.45, 7) is 0.743. The maximum absolute atomic E-state index is 13.3. The first-order chi connectivity index (χ1) is 16.0. The molecule has 2 aromatic carbocycles. The van der Waals surface area contributed by atoms with Crippen LogP contribution in [-0.4, -0.2) is 46.4 Å². The minimum absolute atomic E-state index is 0.00296. The lowest BCUT2D eigenvalue weighted by Gasteiger charge is -2.21. The van der Waals surface area contributed by atoms with Gasteiger partial charge in [0, 0.05) is 55.7 Å². The number of rotatable bonds is 6. The summed E-state index contributed by atoms with van der Waals surface area (Å²) in [5, 5.41) is 3.68. The van der Waals surface area contributed by atoms with E-state index in [-0.39, 0.29) is 17.0 Å². The lowest BCUT2D eigenvalue weighted by molar-refractivity contribution is 0.468. The zero-order valence-corrected chi connectivity index (χ0v) is 19.1. The van der Waals surface area contributed by atoms with Crippen molar-refractivity contribution in [2.24, 2.45) is 7.05 Å². The Morgan fingerprint density at radius 2 is 1.76 bits per heavy atom. The molecule has 0 amide bonds. The van der Waals surface area contributed by atoms with Crippen LogP contribution in [0.15, 0.2) is 96.5 Å². The predicted molar refractivity (Wildman–Crippen MR) is 128 cm³/mol. The van der Waals surface area contributed by atoms with Crippen molar-refractivity contribution in [3.63, 3.8) is 0 Å². The molecule has 8 heteroatoms. The monoisotopic (exact) mass is 459 g/mol. The van der Waals surface area contributed by atoms with E-state index in [0.29, 0.717) is 13.1 Å². The highest BCUT2D eigenvalue weighted by atomic mass is 32.2. The van der Waals surface area contributed by atoms with Gasteiger partial charge in [-0.15, -0.1) is 0 Å². The molecule has 0 radical (unpaired) electrons. The van der Waals surface area contributed by atoms with Gasteiger partial charge < -0.3 is 9.88 Å². The minimum atomic E-state index is -3.68. The van der Waals surface area contributed by atoms with Gasteiger partial charge in [-0.05, 0) is 29.8 Å². The highest BCUT2D eigenvalue weighted by Crippen LogP contribution is 2.33. The number of aryl methyl sites for hydroxylation is 1. The Morgan fingerprint density at radius 1 is 0.939 bits per heavy atom. The topological polar surface area (TPSA) is 80.1 Å². The van der Waals surface area contributed by atoms with Crippen LogP contribution in [0.25, 0.3) is 11.3 Å². The molecule has 33 heavy (non-hydrogen) atoms. The molecule has 2 unspecified atom stereocenters. The summed E-state index contributed by atoms with van der Waals surface area (Å²) in [4.78, 5) is 8.53. The number of hydrogen-bond donors (Lipinski definition) is 1. The Morgan fingerprint density at radius 3 is 2.48 bits per heavy atom. The maximum Gasteiger partial charge on any atom is 0.262 e. The van der Waals surface area contributed by atoms with Gasteiger partial charge >= 0.3 is 0 Å². The second-order valence-electron chi connectivity index (χ2n) is 8.26. The second-order valence-corrected chi connectivity index (χ2v) is 10.1. The molecule has 7 nitrogen and oxygen atoms in total. The van der Waals surface area contributed by atoms with Gasteiger partial charge in [-0.25, -0.2) is 13.4 Å². The van der Waals surface area contributed by atoms with E-state index in [0.717, 1.165) is 22.5 Å². The molecule has 1 N–H and O–H groups in total. The van der Waals surface area contributed by atoms with Crippen molar-refractivity contribution < 1.29 is 8.42 Å². The van der Waals surface area contributed by atoms with Crippen molar-refractivity contribution in [1.29, 1.82) is 0 Å². The van der Waals surface area contributed by atoms with Gasteiger partial charge in [0.05, 0.1) is 12.0 Å². The Hall–Kier alpha value is -3.49. The van der Waals surface area contributed by atoms with Crippen LogP contribution in [-0.2, 0) is 17.1 Å². The molecular formula is C25H25N5O2S. The zero-order chi connectivity index (χ0) is 22.8. The van der Waals surface area contributed by atoms with Crippen molar-refractivity contribution in [1.82, 2.24) is 18.8 Å². The number of imidazole rings is 1. The predicted octanol–water partition coefficient (Wildman–Crippen LogP) is 3.75. The Labute approximate surface area is 193 Å². The number of anilines is 1. The third-order valence-corrected chi connectivity index (χ3v) is 7.69. The maximum atomic E-state index is 13.3. The van der Waals surface area contributed by atoms with Gasteiger partial charge in [0.25, 0.3) is 10.0 Å². The fraction of sp³-hybridized carbons (Fsp3) is 0.200. The van der Waals surface area contributed by atoms with E-state index in [9.17, 15) is 8.42 Å². The molecule has 4 aromatic rings.